The molecule has 1 aromatic heterocycles. The maximum Gasteiger partial charge on any atom is 0.264 e. The Morgan fingerprint density at radius 1 is 1.06 bits per heavy atom. The van der Waals surface area contributed by atoms with Gasteiger partial charge in [0.25, 0.3) is 5.56 Å². The zero-order chi connectivity index (χ0) is 12.3. The third kappa shape index (κ3) is 2.13. The van der Waals surface area contributed by atoms with E-state index in [1.165, 1.54) is 6.07 Å². The van der Waals surface area contributed by atoms with Crippen molar-refractivity contribution in [3.05, 3.63) is 40.7 Å². The number of nitrogens with one attached hydrogen (secondary N) is 1. The Hall–Kier alpha value is -2.30. The molecule has 5 heteroatoms. The second kappa shape index (κ2) is 4.69. The molecule has 0 aliphatic carbocycles. The summed E-state index contributed by atoms with van der Waals surface area (Å²) in [6.07, 6.45) is 0. The number of aromatic amines is 1. The predicted molar refractivity (Wildman–Crippen MR) is 63.4 cm³/mol. The summed E-state index contributed by atoms with van der Waals surface area (Å²) in [7, 11) is 3.15. The first-order chi connectivity index (χ1) is 8.26. The highest BCUT2D eigenvalue weighted by atomic mass is 16.5. The molecule has 0 spiro atoms. The van der Waals surface area contributed by atoms with Crippen molar-refractivity contribution < 1.29 is 9.47 Å². The van der Waals surface area contributed by atoms with E-state index in [1.807, 2.05) is 18.2 Å². The van der Waals surface area contributed by atoms with Crippen molar-refractivity contribution in [1.82, 2.24) is 10.2 Å². The summed E-state index contributed by atoms with van der Waals surface area (Å²) >= 11 is 0. The van der Waals surface area contributed by atoms with Gasteiger partial charge in [-0.25, -0.2) is 5.10 Å². The Morgan fingerprint density at radius 2 is 1.71 bits per heavy atom. The van der Waals surface area contributed by atoms with Crippen LogP contribution in [0.2, 0.25) is 0 Å². The summed E-state index contributed by atoms with van der Waals surface area (Å²) in [5, 5.41) is 6.35. The van der Waals surface area contributed by atoms with Gasteiger partial charge in [-0.3, -0.25) is 4.79 Å². The first-order valence-electron chi connectivity index (χ1n) is 5.03. The van der Waals surface area contributed by atoms with Gasteiger partial charge in [-0.05, 0) is 18.2 Å². The van der Waals surface area contributed by atoms with Crippen LogP contribution in [0.5, 0.6) is 11.5 Å². The minimum Gasteiger partial charge on any atom is -0.496 e. The van der Waals surface area contributed by atoms with E-state index in [9.17, 15) is 4.79 Å². The average molecular weight is 232 g/mol. The number of methoxy groups -OCH3 is 2. The smallest absolute Gasteiger partial charge is 0.264 e. The molecule has 0 fully saturated rings. The Morgan fingerprint density at radius 3 is 2.18 bits per heavy atom. The van der Waals surface area contributed by atoms with Gasteiger partial charge in [0.2, 0.25) is 0 Å². The zero-order valence-corrected chi connectivity index (χ0v) is 9.56. The van der Waals surface area contributed by atoms with E-state index in [0.717, 1.165) is 0 Å². The zero-order valence-electron chi connectivity index (χ0n) is 9.56. The molecule has 2 aromatic rings. The lowest BCUT2D eigenvalue weighted by atomic mass is 10.1. The topological polar surface area (TPSA) is 64.2 Å². The molecular weight excluding hydrogens is 220 g/mol. The highest BCUT2D eigenvalue weighted by molar-refractivity contribution is 5.73. The second-order valence-electron chi connectivity index (χ2n) is 3.34. The van der Waals surface area contributed by atoms with Crippen molar-refractivity contribution >= 4 is 0 Å². The Balaban J connectivity index is 2.63. The molecule has 88 valence electrons. The molecule has 2 rings (SSSR count). The van der Waals surface area contributed by atoms with Crippen molar-refractivity contribution in [2.24, 2.45) is 0 Å². The Kier molecular flexibility index (Phi) is 3.09. The highest BCUT2D eigenvalue weighted by Gasteiger charge is 2.13. The van der Waals surface area contributed by atoms with Crippen LogP contribution in [0.3, 0.4) is 0 Å². The van der Waals surface area contributed by atoms with Gasteiger partial charge in [0.15, 0.2) is 0 Å². The van der Waals surface area contributed by atoms with Crippen molar-refractivity contribution in [3.8, 4) is 22.8 Å². The fourth-order valence-electron chi connectivity index (χ4n) is 1.59. The molecule has 0 atom stereocenters. The van der Waals surface area contributed by atoms with Gasteiger partial charge >= 0.3 is 0 Å². The van der Waals surface area contributed by atoms with Crippen LogP contribution in [-0.2, 0) is 0 Å². The number of rotatable bonds is 3. The molecule has 1 N–H and O–H groups in total. The number of aromatic nitrogens is 2. The monoisotopic (exact) mass is 232 g/mol. The number of hydrogen-bond donors (Lipinski definition) is 1. The first-order valence-corrected chi connectivity index (χ1v) is 5.03. The molecule has 1 heterocycles. The lowest BCUT2D eigenvalue weighted by molar-refractivity contribution is 0.397. The van der Waals surface area contributed by atoms with Gasteiger partial charge in [-0.15, -0.1) is 0 Å². The van der Waals surface area contributed by atoms with Crippen molar-refractivity contribution in [2.45, 2.75) is 0 Å². The average Bonchev–Trinajstić information content (AvgIpc) is 2.38. The van der Waals surface area contributed by atoms with Crippen LogP contribution in [0, 0.1) is 0 Å². The van der Waals surface area contributed by atoms with E-state index in [1.54, 1.807) is 20.3 Å². The van der Waals surface area contributed by atoms with Crippen molar-refractivity contribution in [2.75, 3.05) is 14.2 Å². The predicted octanol–water partition coefficient (Wildman–Crippen LogP) is 1.45. The van der Waals surface area contributed by atoms with Crippen LogP contribution < -0.4 is 15.0 Å². The maximum atomic E-state index is 11.0. The van der Waals surface area contributed by atoms with Gasteiger partial charge < -0.3 is 9.47 Å². The van der Waals surface area contributed by atoms with Crippen LogP contribution in [0.1, 0.15) is 0 Å². The molecule has 0 radical (unpaired) electrons. The molecule has 17 heavy (non-hydrogen) atoms. The first kappa shape index (κ1) is 11.2. The standard InChI is InChI=1S/C12H12N2O3/c1-16-9-4-3-5-10(17-2)12(9)8-6-7-11(15)14-13-8/h3-7H,1-2H3,(H,14,15). The quantitative estimate of drug-likeness (QED) is 0.870. The number of benzene rings is 1. The molecule has 5 nitrogen and oxygen atoms in total. The molecule has 0 amide bonds. The number of H-pyrrole nitrogens is 1. The largest absolute Gasteiger partial charge is 0.496 e. The second-order valence-corrected chi connectivity index (χ2v) is 3.34. The molecule has 0 aliphatic rings. The SMILES string of the molecule is COc1cccc(OC)c1-c1ccc(=O)[nH]n1. The molecule has 0 bridgehead atoms. The van der Waals surface area contributed by atoms with E-state index >= 15 is 0 Å². The summed E-state index contributed by atoms with van der Waals surface area (Å²) in [6.45, 7) is 0. The third-order valence-electron chi connectivity index (χ3n) is 2.36. The van der Waals surface area contributed by atoms with Crippen LogP contribution in [0.25, 0.3) is 11.3 Å². The molecule has 0 saturated carbocycles. The van der Waals surface area contributed by atoms with Gasteiger partial charge in [0.1, 0.15) is 11.5 Å². The Labute approximate surface area is 98.0 Å². The van der Waals surface area contributed by atoms with Gasteiger partial charge in [-0.2, -0.15) is 5.10 Å². The fourth-order valence-corrected chi connectivity index (χ4v) is 1.59. The van der Waals surface area contributed by atoms with Crippen LogP contribution in [0.4, 0.5) is 0 Å². The minimum absolute atomic E-state index is 0.248. The van der Waals surface area contributed by atoms with Crippen molar-refractivity contribution in [3.63, 3.8) is 0 Å². The summed E-state index contributed by atoms with van der Waals surface area (Å²) in [6, 6.07) is 8.48. The van der Waals surface area contributed by atoms with E-state index in [0.29, 0.717) is 22.8 Å². The minimum atomic E-state index is -0.248. The summed E-state index contributed by atoms with van der Waals surface area (Å²) < 4.78 is 10.5. The third-order valence-corrected chi connectivity index (χ3v) is 2.36. The van der Waals surface area contributed by atoms with Gasteiger partial charge in [0, 0.05) is 6.07 Å². The van der Waals surface area contributed by atoms with Gasteiger partial charge in [-0.1, -0.05) is 6.07 Å². The lowest BCUT2D eigenvalue weighted by Crippen LogP contribution is -2.06. The van der Waals surface area contributed by atoms with Crippen LogP contribution >= 0.6 is 0 Å². The molecule has 0 saturated heterocycles. The normalized spacial score (nSPS) is 10.0. The van der Waals surface area contributed by atoms with Gasteiger partial charge in [0.05, 0.1) is 25.5 Å². The molecule has 1 aromatic carbocycles. The van der Waals surface area contributed by atoms with Crippen molar-refractivity contribution in [1.29, 1.82) is 0 Å². The molecule has 0 unspecified atom stereocenters. The molecular formula is C12H12N2O3. The highest BCUT2D eigenvalue weighted by Crippen LogP contribution is 2.36. The van der Waals surface area contributed by atoms with Crippen LogP contribution in [-0.4, -0.2) is 24.4 Å². The molecule has 0 aliphatic heterocycles. The van der Waals surface area contributed by atoms with E-state index in [4.69, 9.17) is 9.47 Å². The summed E-state index contributed by atoms with van der Waals surface area (Å²) in [5.74, 6) is 1.28. The van der Waals surface area contributed by atoms with Crippen LogP contribution in [0.15, 0.2) is 35.1 Å². The van der Waals surface area contributed by atoms with E-state index < -0.39 is 0 Å². The number of nitrogens with zero attached hydrogens (tertiary/aromatic N) is 1. The number of hydrogen-bond acceptors (Lipinski definition) is 4. The number of ether oxygens (including phenoxy) is 2. The Bertz CT molecular complexity index is 535. The summed E-state index contributed by atoms with van der Waals surface area (Å²) in [5.41, 5.74) is 1.07. The van der Waals surface area contributed by atoms with E-state index in [2.05, 4.69) is 10.2 Å². The lowest BCUT2D eigenvalue weighted by Gasteiger charge is -2.11. The maximum absolute atomic E-state index is 11.0. The van der Waals surface area contributed by atoms with E-state index in [-0.39, 0.29) is 5.56 Å². The fraction of sp³-hybridized carbons (Fsp3) is 0.167. The summed E-state index contributed by atoms with van der Waals surface area (Å²) in [4.78, 5) is 11.0.